The van der Waals surface area contributed by atoms with Crippen LogP contribution in [0, 0.1) is 0 Å². The van der Waals surface area contributed by atoms with E-state index in [2.05, 4.69) is 10.1 Å². The Balaban J connectivity index is 0.000000604. The van der Waals surface area contributed by atoms with Gasteiger partial charge < -0.3 is 20.0 Å². The lowest BCUT2D eigenvalue weighted by atomic mass is 9.78. The molecule has 1 saturated carbocycles. The van der Waals surface area contributed by atoms with E-state index in [0.29, 0.717) is 12.5 Å². The van der Waals surface area contributed by atoms with Crippen molar-refractivity contribution >= 4 is 23.1 Å². The number of nitrogens with zero attached hydrogens (tertiary/aromatic N) is 3. The van der Waals surface area contributed by atoms with E-state index in [-0.39, 0.29) is 12.0 Å². The average molecular weight is 380 g/mol. The summed E-state index contributed by atoms with van der Waals surface area (Å²) >= 11 is 0. The van der Waals surface area contributed by atoms with Gasteiger partial charge in [-0.2, -0.15) is 0 Å². The van der Waals surface area contributed by atoms with E-state index in [1.807, 2.05) is 42.5 Å². The van der Waals surface area contributed by atoms with Gasteiger partial charge in [0.05, 0.1) is 11.7 Å². The molecule has 28 heavy (non-hydrogen) atoms. The summed E-state index contributed by atoms with van der Waals surface area (Å²) in [5, 5.41) is 12.5. The number of nitrogens with two attached hydrogens (primary N) is 1. The standard InChI is InChI=1S/C19H18N4O2.CH2O2/c20-19(8-3-9-19)12-24-18-7-6-17-21-11-14(23(17)22-18)16-10-13-4-1-2-5-15(13)25-16;2-1-3/h1-2,4-7,10-11H,3,8-9,12,20H2;1H,(H,2,3). The second kappa shape index (κ2) is 7.32. The van der Waals surface area contributed by atoms with Crippen LogP contribution in [0.4, 0.5) is 0 Å². The number of hydrogen-bond donors (Lipinski definition) is 2. The van der Waals surface area contributed by atoms with Crippen molar-refractivity contribution in [3.8, 4) is 17.3 Å². The molecule has 0 radical (unpaired) electrons. The third-order valence-electron chi connectivity index (χ3n) is 4.87. The molecular formula is C20H20N4O4. The first-order valence-corrected chi connectivity index (χ1v) is 8.95. The predicted molar refractivity (Wildman–Crippen MR) is 103 cm³/mol. The van der Waals surface area contributed by atoms with Crippen LogP contribution in [0.5, 0.6) is 5.88 Å². The van der Waals surface area contributed by atoms with Gasteiger partial charge in [-0.25, -0.2) is 9.50 Å². The maximum Gasteiger partial charge on any atom is 0.290 e. The Kier molecular flexibility index (Phi) is 4.70. The molecule has 1 aromatic carbocycles. The molecule has 1 aliphatic carbocycles. The Morgan fingerprint density at radius 2 is 2.07 bits per heavy atom. The number of hydrogen-bond acceptors (Lipinski definition) is 6. The van der Waals surface area contributed by atoms with Crippen molar-refractivity contribution in [3.05, 3.63) is 48.7 Å². The lowest BCUT2D eigenvalue weighted by molar-refractivity contribution is -0.122. The minimum Gasteiger partial charge on any atom is -0.483 e. The average Bonchev–Trinajstić information content (AvgIpc) is 3.28. The van der Waals surface area contributed by atoms with Crippen LogP contribution in [0.1, 0.15) is 19.3 Å². The molecule has 4 aromatic rings. The summed E-state index contributed by atoms with van der Waals surface area (Å²) in [6, 6.07) is 13.6. The van der Waals surface area contributed by atoms with Crippen LogP contribution < -0.4 is 10.5 Å². The van der Waals surface area contributed by atoms with Crippen LogP contribution in [0.15, 0.2) is 53.1 Å². The van der Waals surface area contributed by atoms with Crippen LogP contribution in [-0.2, 0) is 4.79 Å². The molecule has 144 valence electrons. The van der Waals surface area contributed by atoms with Gasteiger partial charge in [-0.1, -0.05) is 18.2 Å². The number of rotatable bonds is 4. The fourth-order valence-electron chi connectivity index (χ4n) is 3.20. The molecule has 0 amide bonds. The number of para-hydroxylation sites is 1. The number of benzene rings is 1. The number of ether oxygens (including phenoxy) is 1. The highest BCUT2D eigenvalue weighted by Crippen LogP contribution is 2.30. The van der Waals surface area contributed by atoms with Gasteiger partial charge in [0.15, 0.2) is 11.4 Å². The van der Waals surface area contributed by atoms with E-state index in [4.69, 9.17) is 24.8 Å². The molecule has 3 aromatic heterocycles. The fourth-order valence-corrected chi connectivity index (χ4v) is 3.20. The molecule has 0 aliphatic heterocycles. The van der Waals surface area contributed by atoms with Crippen molar-refractivity contribution in [2.24, 2.45) is 5.73 Å². The normalized spacial score (nSPS) is 14.9. The Labute approximate surface area is 160 Å². The van der Waals surface area contributed by atoms with E-state index >= 15 is 0 Å². The molecule has 0 unspecified atom stereocenters. The quantitative estimate of drug-likeness (QED) is 0.523. The molecule has 0 atom stereocenters. The molecule has 8 heteroatoms. The molecule has 0 bridgehead atoms. The zero-order chi connectivity index (χ0) is 19.6. The summed E-state index contributed by atoms with van der Waals surface area (Å²) in [4.78, 5) is 12.8. The monoisotopic (exact) mass is 380 g/mol. The molecule has 3 heterocycles. The van der Waals surface area contributed by atoms with E-state index < -0.39 is 0 Å². The lowest BCUT2D eigenvalue weighted by Crippen LogP contribution is -2.51. The predicted octanol–water partition coefficient (Wildman–Crippen LogP) is 3.10. The van der Waals surface area contributed by atoms with E-state index in [0.717, 1.165) is 40.9 Å². The van der Waals surface area contributed by atoms with E-state index in [9.17, 15) is 0 Å². The Hall–Kier alpha value is -3.39. The van der Waals surface area contributed by atoms with Crippen molar-refractivity contribution in [1.29, 1.82) is 0 Å². The van der Waals surface area contributed by atoms with Crippen molar-refractivity contribution in [1.82, 2.24) is 14.6 Å². The molecule has 1 aliphatic rings. The zero-order valence-electron chi connectivity index (χ0n) is 15.1. The largest absolute Gasteiger partial charge is 0.483 e. The minimum atomic E-state index is -0.250. The van der Waals surface area contributed by atoms with Crippen molar-refractivity contribution < 1.29 is 19.1 Å². The summed E-state index contributed by atoms with van der Waals surface area (Å²) in [5.74, 6) is 1.27. The van der Waals surface area contributed by atoms with Gasteiger partial charge in [-0.3, -0.25) is 4.79 Å². The van der Waals surface area contributed by atoms with Crippen LogP contribution in [-0.4, -0.2) is 38.3 Å². The first-order chi connectivity index (χ1) is 13.6. The Morgan fingerprint density at radius 3 is 2.79 bits per heavy atom. The van der Waals surface area contributed by atoms with Gasteiger partial charge in [0.1, 0.15) is 17.9 Å². The SMILES string of the molecule is NC1(COc2ccc3ncc(-c4cc5ccccc5o4)n3n2)CCC1.O=CO. The molecule has 0 saturated heterocycles. The zero-order valence-corrected chi connectivity index (χ0v) is 15.1. The summed E-state index contributed by atoms with van der Waals surface area (Å²) in [5.41, 5.74) is 8.40. The number of carbonyl (C=O) groups is 1. The molecule has 1 fully saturated rings. The number of fused-ring (bicyclic) bond motifs is 2. The van der Waals surface area contributed by atoms with Gasteiger partial charge in [0.25, 0.3) is 6.47 Å². The van der Waals surface area contributed by atoms with Crippen LogP contribution >= 0.6 is 0 Å². The van der Waals surface area contributed by atoms with Gasteiger partial charge >= 0.3 is 0 Å². The van der Waals surface area contributed by atoms with Gasteiger partial charge in [0, 0.05) is 11.5 Å². The number of carboxylic acid groups (broad SMARTS) is 1. The lowest BCUT2D eigenvalue weighted by Gasteiger charge is -2.37. The van der Waals surface area contributed by atoms with Crippen LogP contribution in [0.3, 0.4) is 0 Å². The third-order valence-corrected chi connectivity index (χ3v) is 4.87. The highest BCUT2D eigenvalue weighted by atomic mass is 16.5. The Morgan fingerprint density at radius 1 is 1.29 bits per heavy atom. The maximum absolute atomic E-state index is 8.36. The van der Waals surface area contributed by atoms with Gasteiger partial charge in [-0.15, -0.1) is 5.10 Å². The molecule has 3 N–H and O–H groups in total. The minimum absolute atomic E-state index is 0.201. The topological polar surface area (TPSA) is 116 Å². The fraction of sp³-hybridized carbons (Fsp3) is 0.250. The van der Waals surface area contributed by atoms with Gasteiger partial charge in [-0.05, 0) is 37.5 Å². The smallest absolute Gasteiger partial charge is 0.290 e. The molecule has 5 rings (SSSR count). The van der Waals surface area contributed by atoms with E-state index in [1.54, 1.807) is 10.7 Å². The molecule has 8 nitrogen and oxygen atoms in total. The molecule has 0 spiro atoms. The second-order valence-corrected chi connectivity index (χ2v) is 6.84. The van der Waals surface area contributed by atoms with Crippen molar-refractivity contribution in [2.75, 3.05) is 6.61 Å². The van der Waals surface area contributed by atoms with Gasteiger partial charge in [0.2, 0.25) is 5.88 Å². The maximum atomic E-state index is 8.36. The first-order valence-electron chi connectivity index (χ1n) is 8.95. The third kappa shape index (κ3) is 3.41. The highest BCUT2D eigenvalue weighted by molar-refractivity contribution is 5.82. The summed E-state index contributed by atoms with van der Waals surface area (Å²) in [7, 11) is 0. The highest BCUT2D eigenvalue weighted by Gasteiger charge is 2.33. The number of imidazole rings is 1. The van der Waals surface area contributed by atoms with Crippen molar-refractivity contribution in [3.63, 3.8) is 0 Å². The second-order valence-electron chi connectivity index (χ2n) is 6.84. The Bertz CT molecular complexity index is 1080. The summed E-state index contributed by atoms with van der Waals surface area (Å²) < 4.78 is 13.5. The molecular weight excluding hydrogens is 360 g/mol. The summed E-state index contributed by atoms with van der Waals surface area (Å²) in [6.07, 6.45) is 4.94. The van der Waals surface area contributed by atoms with E-state index in [1.165, 1.54) is 6.42 Å². The van der Waals surface area contributed by atoms with Crippen molar-refractivity contribution in [2.45, 2.75) is 24.8 Å². The first kappa shape index (κ1) is 18.0. The number of aromatic nitrogens is 3. The van der Waals surface area contributed by atoms with Crippen LogP contribution in [0.25, 0.3) is 28.1 Å². The van der Waals surface area contributed by atoms with Crippen LogP contribution in [0.2, 0.25) is 0 Å². The summed E-state index contributed by atoms with van der Waals surface area (Å²) in [6.45, 7) is 0.236. The number of furan rings is 1.